The Hall–Kier alpha value is -2.30. The maximum atomic E-state index is 12.6. The van der Waals surface area contributed by atoms with E-state index in [1.54, 1.807) is 6.33 Å². The van der Waals surface area contributed by atoms with Gasteiger partial charge in [-0.2, -0.15) is 0 Å². The van der Waals surface area contributed by atoms with Crippen LogP contribution in [0.4, 0.5) is 5.69 Å². The highest BCUT2D eigenvalue weighted by Gasteiger charge is 2.25. The Kier molecular flexibility index (Phi) is 3.88. The summed E-state index contributed by atoms with van der Waals surface area (Å²) in [6.45, 7) is 7.22. The number of benzene rings is 1. The maximum absolute atomic E-state index is 12.6. The van der Waals surface area contributed by atoms with Crippen molar-refractivity contribution in [2.24, 2.45) is 7.05 Å². The molecule has 2 heterocycles. The Morgan fingerprint density at radius 2 is 1.86 bits per heavy atom. The summed E-state index contributed by atoms with van der Waals surface area (Å²) >= 11 is 0. The lowest BCUT2D eigenvalue weighted by molar-refractivity contribution is 0.0736. The Morgan fingerprint density at radius 1 is 1.14 bits per heavy atom. The van der Waals surface area contributed by atoms with Crippen molar-refractivity contribution in [3.8, 4) is 0 Å². The van der Waals surface area contributed by atoms with Gasteiger partial charge in [-0.3, -0.25) is 4.79 Å². The molecule has 2 aromatic rings. The maximum Gasteiger partial charge on any atom is 0.272 e. The van der Waals surface area contributed by atoms with E-state index in [0.29, 0.717) is 5.69 Å². The second-order valence-electron chi connectivity index (χ2n) is 5.91. The third kappa shape index (κ3) is 2.71. The van der Waals surface area contributed by atoms with E-state index in [0.717, 1.165) is 31.9 Å². The molecular weight excluding hydrogens is 276 g/mol. The van der Waals surface area contributed by atoms with Crippen LogP contribution in [-0.2, 0) is 7.05 Å². The summed E-state index contributed by atoms with van der Waals surface area (Å²) in [5.74, 6) is 0.0846. The van der Waals surface area contributed by atoms with Crippen molar-refractivity contribution in [1.82, 2.24) is 14.5 Å². The van der Waals surface area contributed by atoms with Gasteiger partial charge in [0.25, 0.3) is 5.91 Å². The van der Waals surface area contributed by atoms with Gasteiger partial charge in [-0.25, -0.2) is 4.98 Å². The van der Waals surface area contributed by atoms with Gasteiger partial charge in [-0.15, -0.1) is 0 Å². The molecule has 0 unspecified atom stereocenters. The number of aryl methyl sites for hydroxylation is 3. The first-order chi connectivity index (χ1) is 10.6. The summed E-state index contributed by atoms with van der Waals surface area (Å²) in [6, 6.07) is 8.52. The fraction of sp³-hybridized carbons (Fsp3) is 0.412. The molecule has 1 aromatic heterocycles. The lowest BCUT2D eigenvalue weighted by atomic mass is 10.2. The Morgan fingerprint density at radius 3 is 2.45 bits per heavy atom. The van der Waals surface area contributed by atoms with Gasteiger partial charge >= 0.3 is 0 Å². The highest BCUT2D eigenvalue weighted by Crippen LogP contribution is 2.19. The molecule has 22 heavy (non-hydrogen) atoms. The zero-order valence-electron chi connectivity index (χ0n) is 13.4. The first-order valence-electron chi connectivity index (χ1n) is 7.65. The Balaban J connectivity index is 1.68. The minimum atomic E-state index is 0.0846. The minimum Gasteiger partial charge on any atom is -0.368 e. The van der Waals surface area contributed by atoms with E-state index in [-0.39, 0.29) is 5.91 Å². The van der Waals surface area contributed by atoms with Gasteiger partial charge in [-0.05, 0) is 31.5 Å². The predicted octanol–water partition coefficient (Wildman–Crippen LogP) is 2.00. The molecule has 1 saturated heterocycles. The summed E-state index contributed by atoms with van der Waals surface area (Å²) in [4.78, 5) is 21.1. The van der Waals surface area contributed by atoms with Gasteiger partial charge in [0.1, 0.15) is 5.69 Å². The summed E-state index contributed by atoms with van der Waals surface area (Å²) in [6.07, 6.45) is 1.70. The molecule has 1 amide bonds. The first kappa shape index (κ1) is 14.6. The SMILES string of the molecule is Cc1cccc(N2CCN(C(=O)c3c(C)ncn3C)CC2)c1. The van der Waals surface area contributed by atoms with Crippen molar-refractivity contribution in [2.45, 2.75) is 13.8 Å². The van der Waals surface area contributed by atoms with Crippen molar-refractivity contribution in [3.05, 3.63) is 47.5 Å². The van der Waals surface area contributed by atoms with E-state index >= 15 is 0 Å². The Labute approximate surface area is 131 Å². The molecule has 0 aliphatic carbocycles. The van der Waals surface area contributed by atoms with E-state index in [2.05, 4.69) is 41.1 Å². The van der Waals surface area contributed by atoms with Gasteiger partial charge in [0, 0.05) is 38.9 Å². The monoisotopic (exact) mass is 298 g/mol. The fourth-order valence-corrected chi connectivity index (χ4v) is 3.00. The molecule has 1 aliphatic heterocycles. The number of anilines is 1. The molecule has 0 saturated carbocycles. The van der Waals surface area contributed by atoms with Crippen molar-refractivity contribution >= 4 is 11.6 Å². The quantitative estimate of drug-likeness (QED) is 0.851. The fourth-order valence-electron chi connectivity index (χ4n) is 3.00. The van der Waals surface area contributed by atoms with E-state index in [1.165, 1.54) is 11.3 Å². The van der Waals surface area contributed by atoms with Crippen LogP contribution in [0.1, 0.15) is 21.7 Å². The van der Waals surface area contributed by atoms with Crippen molar-refractivity contribution in [1.29, 1.82) is 0 Å². The third-order valence-corrected chi connectivity index (χ3v) is 4.26. The number of aromatic nitrogens is 2. The molecule has 0 atom stereocenters. The molecule has 116 valence electrons. The van der Waals surface area contributed by atoms with Gasteiger partial charge < -0.3 is 14.4 Å². The van der Waals surface area contributed by atoms with Gasteiger partial charge in [0.2, 0.25) is 0 Å². The van der Waals surface area contributed by atoms with Crippen molar-refractivity contribution in [3.63, 3.8) is 0 Å². The second kappa shape index (κ2) is 5.83. The van der Waals surface area contributed by atoms with E-state index in [9.17, 15) is 4.79 Å². The van der Waals surface area contributed by atoms with Gasteiger partial charge in [0.15, 0.2) is 0 Å². The molecule has 1 aliphatic rings. The van der Waals surface area contributed by atoms with Gasteiger partial charge in [-0.1, -0.05) is 12.1 Å². The van der Waals surface area contributed by atoms with E-state index < -0.39 is 0 Å². The molecule has 5 nitrogen and oxygen atoms in total. The van der Waals surface area contributed by atoms with Crippen LogP contribution in [0.5, 0.6) is 0 Å². The van der Waals surface area contributed by atoms with Crippen LogP contribution in [0, 0.1) is 13.8 Å². The average molecular weight is 298 g/mol. The van der Waals surface area contributed by atoms with Crippen LogP contribution in [0.15, 0.2) is 30.6 Å². The standard InChI is InChI=1S/C17H22N4O/c1-13-5-4-6-15(11-13)20-7-9-21(10-8-20)17(22)16-14(2)18-12-19(16)3/h4-6,11-12H,7-10H2,1-3H3. The summed E-state index contributed by atoms with van der Waals surface area (Å²) in [5.41, 5.74) is 4.00. The number of hydrogen-bond acceptors (Lipinski definition) is 3. The number of piperazine rings is 1. The summed E-state index contributed by atoms with van der Waals surface area (Å²) in [7, 11) is 1.87. The normalized spacial score (nSPS) is 15.2. The number of rotatable bonds is 2. The number of carbonyl (C=O) groups is 1. The van der Waals surface area contributed by atoms with Crippen LogP contribution < -0.4 is 4.90 Å². The average Bonchev–Trinajstić information content (AvgIpc) is 2.86. The number of hydrogen-bond donors (Lipinski definition) is 0. The highest BCUT2D eigenvalue weighted by atomic mass is 16.2. The Bertz CT molecular complexity index is 664. The number of carbonyl (C=O) groups excluding carboxylic acids is 1. The van der Waals surface area contributed by atoms with Crippen molar-refractivity contribution < 1.29 is 4.79 Å². The first-order valence-corrected chi connectivity index (χ1v) is 7.65. The molecule has 1 aromatic carbocycles. The zero-order chi connectivity index (χ0) is 15.7. The molecular formula is C17H22N4O. The number of nitrogens with zero attached hydrogens (tertiary/aromatic N) is 4. The van der Waals surface area contributed by atoms with E-state index in [4.69, 9.17) is 0 Å². The molecule has 0 N–H and O–H groups in total. The molecule has 0 bridgehead atoms. The lowest BCUT2D eigenvalue weighted by Gasteiger charge is -2.36. The molecule has 0 spiro atoms. The van der Waals surface area contributed by atoms with E-state index in [1.807, 2.05) is 23.4 Å². The smallest absolute Gasteiger partial charge is 0.272 e. The lowest BCUT2D eigenvalue weighted by Crippen LogP contribution is -2.49. The van der Waals surface area contributed by atoms with Crippen molar-refractivity contribution in [2.75, 3.05) is 31.1 Å². The minimum absolute atomic E-state index is 0.0846. The number of amides is 1. The molecule has 1 fully saturated rings. The largest absolute Gasteiger partial charge is 0.368 e. The second-order valence-corrected chi connectivity index (χ2v) is 5.91. The summed E-state index contributed by atoms with van der Waals surface area (Å²) in [5, 5.41) is 0. The number of imidazole rings is 1. The predicted molar refractivity (Wildman–Crippen MR) is 87.2 cm³/mol. The van der Waals surface area contributed by atoms with Crippen LogP contribution >= 0.6 is 0 Å². The molecule has 5 heteroatoms. The topological polar surface area (TPSA) is 41.4 Å². The molecule has 3 rings (SSSR count). The zero-order valence-corrected chi connectivity index (χ0v) is 13.4. The highest BCUT2D eigenvalue weighted by molar-refractivity contribution is 5.93. The van der Waals surface area contributed by atoms with Gasteiger partial charge in [0.05, 0.1) is 12.0 Å². The van der Waals surface area contributed by atoms with Crippen LogP contribution in [-0.4, -0.2) is 46.5 Å². The third-order valence-electron chi connectivity index (χ3n) is 4.26. The molecule has 0 radical (unpaired) electrons. The summed E-state index contributed by atoms with van der Waals surface area (Å²) < 4.78 is 1.81. The van der Waals surface area contributed by atoms with Crippen LogP contribution in [0.25, 0.3) is 0 Å². The van der Waals surface area contributed by atoms with Crippen LogP contribution in [0.3, 0.4) is 0 Å². The van der Waals surface area contributed by atoms with Crippen LogP contribution in [0.2, 0.25) is 0 Å².